The summed E-state index contributed by atoms with van der Waals surface area (Å²) in [5.74, 6) is -0.356. The number of carbonyl (C=O) groups excluding carboxylic acids is 1. The Morgan fingerprint density at radius 3 is 1.42 bits per heavy atom. The van der Waals surface area contributed by atoms with Crippen LogP contribution in [0, 0.1) is 0 Å². The Kier molecular flexibility index (Phi) is 32.0. The van der Waals surface area contributed by atoms with Gasteiger partial charge in [0.15, 0.2) is 18.9 Å². The molecule has 0 saturated carbocycles. The molecule has 12 N–H and O–H groups in total. The third-order valence-corrected chi connectivity index (χ3v) is 12.1. The number of allylic oxidation sites excluding steroid dienone is 15. The molecule has 1 amide bonds. The molecule has 3 fully saturated rings. The molecule has 19 heteroatoms. The van der Waals surface area contributed by atoms with Crippen molar-refractivity contribution in [2.45, 2.75) is 202 Å². The number of hydrogen-bond donors (Lipinski definition) is 12. The van der Waals surface area contributed by atoms with E-state index in [4.69, 9.17) is 28.4 Å². The average Bonchev–Trinajstić information content (AvgIpc) is 3.37. The Hall–Kier alpha value is -3.29. The van der Waals surface area contributed by atoms with Gasteiger partial charge in [-0.05, 0) is 77.0 Å². The van der Waals surface area contributed by atoms with Gasteiger partial charge in [-0.25, -0.2) is 0 Å². The van der Waals surface area contributed by atoms with Crippen LogP contribution in [0.4, 0.5) is 0 Å². The molecular weight excluding hydrogens is 939 g/mol. The largest absolute Gasteiger partial charge is 0.394 e. The second kappa shape index (κ2) is 36.6. The maximum absolute atomic E-state index is 13.2. The maximum atomic E-state index is 13.2. The number of hydrogen-bond acceptors (Lipinski definition) is 18. The van der Waals surface area contributed by atoms with Crippen LogP contribution in [0.5, 0.6) is 0 Å². The monoisotopic (exact) mass is 1020 g/mol. The highest BCUT2D eigenvalue weighted by atomic mass is 16.8. The normalized spacial score (nSPS) is 32.8. The summed E-state index contributed by atoms with van der Waals surface area (Å²) in [7, 11) is 0. The summed E-state index contributed by atoms with van der Waals surface area (Å²) in [5, 5.41) is 119. The van der Waals surface area contributed by atoms with E-state index in [1.165, 1.54) is 0 Å². The molecule has 3 rings (SSSR count). The predicted molar refractivity (Wildman–Crippen MR) is 267 cm³/mol. The van der Waals surface area contributed by atoms with Crippen molar-refractivity contribution >= 4 is 5.91 Å². The third-order valence-electron chi connectivity index (χ3n) is 12.1. The lowest BCUT2D eigenvalue weighted by molar-refractivity contribution is -0.379. The highest BCUT2D eigenvalue weighted by Crippen LogP contribution is 2.33. The fraction of sp³-hybridized carbons (Fsp3) is 0.679. The van der Waals surface area contributed by atoms with E-state index in [2.05, 4.69) is 92.1 Å². The molecule has 72 heavy (non-hydrogen) atoms. The molecule has 0 radical (unpaired) electrons. The Bertz CT molecular complexity index is 1700. The zero-order chi connectivity index (χ0) is 52.7. The topological polar surface area (TPSA) is 307 Å². The molecule has 0 spiro atoms. The van der Waals surface area contributed by atoms with E-state index in [0.29, 0.717) is 19.3 Å². The molecule has 17 atom stereocenters. The summed E-state index contributed by atoms with van der Waals surface area (Å²) in [6.07, 6.45) is 15.8. The summed E-state index contributed by atoms with van der Waals surface area (Å²) in [6, 6.07) is -1.03. The Morgan fingerprint density at radius 2 is 0.903 bits per heavy atom. The van der Waals surface area contributed by atoms with Gasteiger partial charge in [0.2, 0.25) is 5.91 Å². The zero-order valence-electron chi connectivity index (χ0n) is 41.9. The van der Waals surface area contributed by atoms with Crippen molar-refractivity contribution in [3.63, 3.8) is 0 Å². The molecule has 3 saturated heterocycles. The number of aliphatic hydroxyl groups is 11. The first-order chi connectivity index (χ1) is 34.8. The van der Waals surface area contributed by atoms with Crippen LogP contribution in [0.15, 0.2) is 97.2 Å². The first-order valence-corrected chi connectivity index (χ1v) is 25.5. The van der Waals surface area contributed by atoms with Gasteiger partial charge >= 0.3 is 0 Å². The average molecular weight is 1020 g/mol. The van der Waals surface area contributed by atoms with Gasteiger partial charge < -0.3 is 89.9 Å². The minimum atomic E-state index is -1.99. The van der Waals surface area contributed by atoms with Gasteiger partial charge in [0.25, 0.3) is 0 Å². The number of unbranched alkanes of at least 4 members (excludes halogenated alkanes) is 3. The van der Waals surface area contributed by atoms with Crippen molar-refractivity contribution < 1.29 is 89.4 Å². The van der Waals surface area contributed by atoms with Crippen LogP contribution in [0.3, 0.4) is 0 Å². The van der Waals surface area contributed by atoms with E-state index in [-0.39, 0.29) is 12.3 Å². The van der Waals surface area contributed by atoms with Crippen LogP contribution in [0.25, 0.3) is 0 Å². The van der Waals surface area contributed by atoms with Crippen LogP contribution in [0.1, 0.15) is 97.3 Å². The van der Waals surface area contributed by atoms with Crippen molar-refractivity contribution in [1.82, 2.24) is 5.32 Å². The van der Waals surface area contributed by atoms with E-state index in [9.17, 15) is 61.0 Å². The highest BCUT2D eigenvalue weighted by molar-refractivity contribution is 5.76. The second-order valence-electron chi connectivity index (χ2n) is 17.8. The Labute approximate surface area is 424 Å². The van der Waals surface area contributed by atoms with Crippen molar-refractivity contribution in [3.8, 4) is 0 Å². The lowest BCUT2D eigenvalue weighted by Crippen LogP contribution is -2.66. The van der Waals surface area contributed by atoms with Gasteiger partial charge in [0, 0.05) is 6.42 Å². The molecule has 0 aliphatic carbocycles. The maximum Gasteiger partial charge on any atom is 0.220 e. The summed E-state index contributed by atoms with van der Waals surface area (Å²) >= 11 is 0. The molecule has 0 aromatic carbocycles. The lowest BCUT2D eigenvalue weighted by Gasteiger charge is -2.48. The second-order valence-corrected chi connectivity index (χ2v) is 17.8. The van der Waals surface area contributed by atoms with Gasteiger partial charge in [-0.1, -0.05) is 111 Å². The van der Waals surface area contributed by atoms with Gasteiger partial charge in [0.1, 0.15) is 73.2 Å². The van der Waals surface area contributed by atoms with Crippen LogP contribution >= 0.6 is 0 Å². The van der Waals surface area contributed by atoms with Crippen LogP contribution in [0.2, 0.25) is 0 Å². The van der Waals surface area contributed by atoms with Crippen molar-refractivity contribution in [3.05, 3.63) is 97.2 Å². The third kappa shape index (κ3) is 21.9. The number of amides is 1. The number of nitrogens with one attached hydrogen (secondary N) is 1. The molecule has 0 aromatic heterocycles. The predicted octanol–water partition coefficient (Wildman–Crippen LogP) is 1.86. The molecule has 410 valence electrons. The van der Waals surface area contributed by atoms with Crippen LogP contribution in [-0.4, -0.2) is 193 Å². The summed E-state index contributed by atoms with van der Waals surface area (Å²) in [5.41, 5.74) is 0. The highest BCUT2D eigenvalue weighted by Gasteiger charge is 2.53. The van der Waals surface area contributed by atoms with E-state index < -0.39 is 131 Å². The number of carbonyl (C=O) groups is 1. The molecule has 17 unspecified atom stereocenters. The molecule has 3 aliphatic rings. The quantitative estimate of drug-likeness (QED) is 0.0330. The Morgan fingerprint density at radius 1 is 0.500 bits per heavy atom. The van der Waals surface area contributed by atoms with Crippen LogP contribution < -0.4 is 5.32 Å². The van der Waals surface area contributed by atoms with Gasteiger partial charge in [0.05, 0.1) is 38.6 Å². The van der Waals surface area contributed by atoms with Crippen LogP contribution in [-0.2, 0) is 33.2 Å². The minimum Gasteiger partial charge on any atom is -0.394 e. The van der Waals surface area contributed by atoms with Gasteiger partial charge in [-0.3, -0.25) is 4.79 Å². The first kappa shape index (κ1) is 63.0. The Balaban J connectivity index is 1.58. The SMILES string of the molecule is CC/C=C\C/C=C\C/C=C\C/C=C\C/C=C\CCCC(=O)NC(COC1OC(CO)C(OC2OC(CO)C(OC3OC(CO)C(O)C(O)C3O)C(O)C2O)C(O)C1O)C(O)/C=C/CC/C=C/CC/C=C/CC. The van der Waals surface area contributed by atoms with E-state index in [1.807, 2.05) is 12.2 Å². The smallest absolute Gasteiger partial charge is 0.220 e. The lowest BCUT2D eigenvalue weighted by atomic mass is 9.96. The molecular formula is C53H85NO18. The standard InChI is InChI=1S/C53H85NO18/c1-3-5-7-9-11-13-15-16-17-18-19-20-21-23-25-27-29-31-41(59)54-36(37(58)30-28-26-24-22-14-12-10-8-6-4-2)35-67-51-47(65)44(62)49(39(33-56)69-51)72-53-48(66)45(63)50(40(34-57)70-53)71-52-46(64)43(61)42(60)38(32-55)68-52/h5-8,11,13-14,16-17,19-20,22-23,25,28,30,36-40,42-53,55-58,60-66H,3-4,9-10,12,15,18,21,24,26-27,29,31-35H2,1-2H3,(H,54,59)/b7-5-,8-6+,13-11-,17-16-,20-19-,22-14+,25-23-,30-28+. The van der Waals surface area contributed by atoms with Crippen molar-refractivity contribution in [1.29, 1.82) is 0 Å². The van der Waals surface area contributed by atoms with E-state index >= 15 is 0 Å². The molecule has 19 nitrogen and oxygen atoms in total. The molecule has 3 heterocycles. The van der Waals surface area contributed by atoms with E-state index in [0.717, 1.165) is 57.8 Å². The first-order valence-electron chi connectivity index (χ1n) is 25.5. The molecule has 3 aliphatic heterocycles. The van der Waals surface area contributed by atoms with Gasteiger partial charge in [-0.2, -0.15) is 0 Å². The molecule has 0 bridgehead atoms. The zero-order valence-corrected chi connectivity index (χ0v) is 41.9. The van der Waals surface area contributed by atoms with Crippen molar-refractivity contribution in [2.24, 2.45) is 0 Å². The molecule has 0 aromatic rings. The number of rotatable bonds is 33. The minimum absolute atomic E-state index is 0.147. The van der Waals surface area contributed by atoms with E-state index in [1.54, 1.807) is 12.2 Å². The fourth-order valence-corrected chi connectivity index (χ4v) is 7.91. The number of aliphatic hydroxyl groups excluding tert-OH is 11. The fourth-order valence-electron chi connectivity index (χ4n) is 7.91. The summed E-state index contributed by atoms with van der Waals surface area (Å²) < 4.78 is 34.0. The summed E-state index contributed by atoms with van der Waals surface area (Å²) in [6.45, 7) is 1.34. The van der Waals surface area contributed by atoms with Crippen molar-refractivity contribution in [2.75, 3.05) is 26.4 Å². The van der Waals surface area contributed by atoms with Gasteiger partial charge in [-0.15, -0.1) is 0 Å². The number of ether oxygens (including phenoxy) is 6. The summed E-state index contributed by atoms with van der Waals surface area (Å²) in [4.78, 5) is 13.2.